The van der Waals surface area contributed by atoms with Gasteiger partial charge in [0.1, 0.15) is 5.84 Å². The number of carbonyl (C=O) groups is 1. The van der Waals surface area contributed by atoms with Gasteiger partial charge in [0, 0.05) is 0 Å². The molecular weight excluding hydrogens is 307 g/mol. The number of rotatable bonds is 3. The molecule has 21 heavy (non-hydrogen) atoms. The first-order valence-corrected chi connectivity index (χ1v) is 6.43. The number of benzene rings is 1. The predicted octanol–water partition coefficient (Wildman–Crippen LogP) is 2.37. The number of nitrogens with one attached hydrogen (secondary N) is 3. The van der Waals surface area contributed by atoms with E-state index in [1.54, 1.807) is 0 Å². The van der Waals surface area contributed by atoms with E-state index < -0.39 is 17.8 Å². The minimum Gasteiger partial charge on any atom is -0.386 e. The number of nitrogens with two attached hydrogens (primary N) is 1. The summed E-state index contributed by atoms with van der Waals surface area (Å²) in [4.78, 5) is 15.4. The molecule has 0 unspecified atom stereocenters. The summed E-state index contributed by atoms with van der Waals surface area (Å²) in [6, 6.07) is 2.51. The molecule has 6 nitrogen and oxygen atoms in total. The van der Waals surface area contributed by atoms with Gasteiger partial charge in [-0.1, -0.05) is 11.3 Å². The van der Waals surface area contributed by atoms with Crippen molar-refractivity contribution < 1.29 is 18.0 Å². The fourth-order valence-electron chi connectivity index (χ4n) is 1.47. The summed E-state index contributed by atoms with van der Waals surface area (Å²) < 4.78 is 38.1. The van der Waals surface area contributed by atoms with E-state index in [9.17, 15) is 18.0 Å². The second kappa shape index (κ2) is 5.56. The van der Waals surface area contributed by atoms with Crippen molar-refractivity contribution in [3.63, 3.8) is 0 Å². The highest BCUT2D eigenvalue weighted by atomic mass is 32.1. The summed E-state index contributed by atoms with van der Waals surface area (Å²) in [7, 11) is 0. The monoisotopic (exact) mass is 317 g/mol. The molecule has 2 rings (SSSR count). The fourth-order valence-corrected chi connectivity index (χ4v) is 2.37. The Bertz CT molecular complexity index is 697. The molecule has 10 heteroatoms. The Morgan fingerprint density at radius 2 is 2.14 bits per heavy atom. The van der Waals surface area contributed by atoms with E-state index in [0.29, 0.717) is 10.2 Å². The van der Waals surface area contributed by atoms with Crippen LogP contribution in [-0.2, 0) is 6.18 Å². The maximum atomic E-state index is 12.6. The number of alkyl halides is 3. The molecule has 5 N–H and O–H groups in total. The molecule has 0 saturated carbocycles. The van der Waals surface area contributed by atoms with Gasteiger partial charge in [-0.05, 0) is 18.2 Å². The lowest BCUT2D eigenvalue weighted by Crippen LogP contribution is -2.35. The molecule has 0 radical (unpaired) electrons. The second-order valence-corrected chi connectivity index (χ2v) is 5.06. The van der Waals surface area contributed by atoms with Crippen molar-refractivity contribution in [2.24, 2.45) is 5.73 Å². The summed E-state index contributed by atoms with van der Waals surface area (Å²) in [6.07, 6.45) is -4.43. The Balaban J connectivity index is 2.15. The first kappa shape index (κ1) is 15.0. The Morgan fingerprint density at radius 3 is 2.76 bits per heavy atom. The Labute approximate surface area is 120 Å². The third-order valence-corrected chi connectivity index (χ3v) is 3.31. The molecule has 2 aromatic rings. The SMILES string of the molecule is N=C(N)CNC(=O)Nc1nc2ccc(C(F)(F)F)cc2s1. The Morgan fingerprint density at radius 1 is 1.43 bits per heavy atom. The number of hydrogen-bond acceptors (Lipinski definition) is 4. The lowest BCUT2D eigenvalue weighted by Gasteiger charge is -2.04. The van der Waals surface area contributed by atoms with Crippen LogP contribution in [0, 0.1) is 5.41 Å². The minimum absolute atomic E-state index is 0.130. The van der Waals surface area contributed by atoms with Gasteiger partial charge in [0.15, 0.2) is 5.13 Å². The standard InChI is InChI=1S/C11H10F3N5OS/c12-11(13,14)5-1-2-6-7(3-5)21-10(18-6)19-9(20)17-4-8(15)16/h1-3H,4H2,(H3,15,16)(H2,17,18,19,20). The van der Waals surface area contributed by atoms with Gasteiger partial charge in [0.05, 0.1) is 22.3 Å². The van der Waals surface area contributed by atoms with Gasteiger partial charge >= 0.3 is 12.2 Å². The smallest absolute Gasteiger partial charge is 0.386 e. The summed E-state index contributed by atoms with van der Waals surface area (Å²) >= 11 is 0.922. The number of urea groups is 1. The van der Waals surface area contributed by atoms with Crippen LogP contribution in [0.1, 0.15) is 5.56 Å². The first-order valence-electron chi connectivity index (χ1n) is 5.61. The number of amidine groups is 1. The quantitative estimate of drug-likeness (QED) is 0.516. The number of amides is 2. The maximum Gasteiger partial charge on any atom is 0.416 e. The van der Waals surface area contributed by atoms with Crippen molar-refractivity contribution in [2.45, 2.75) is 6.18 Å². The van der Waals surface area contributed by atoms with Gasteiger partial charge in [-0.3, -0.25) is 10.7 Å². The number of anilines is 1. The molecule has 0 saturated heterocycles. The van der Waals surface area contributed by atoms with Crippen LogP contribution < -0.4 is 16.4 Å². The maximum absolute atomic E-state index is 12.6. The summed E-state index contributed by atoms with van der Waals surface area (Å²) in [6.45, 7) is -0.130. The highest BCUT2D eigenvalue weighted by Gasteiger charge is 2.30. The van der Waals surface area contributed by atoms with Gasteiger partial charge in [-0.25, -0.2) is 9.78 Å². The third kappa shape index (κ3) is 3.81. The van der Waals surface area contributed by atoms with Crippen LogP contribution in [0.15, 0.2) is 18.2 Å². The zero-order valence-electron chi connectivity index (χ0n) is 10.4. The van der Waals surface area contributed by atoms with E-state index in [4.69, 9.17) is 11.1 Å². The molecule has 0 aliphatic heterocycles. The molecule has 0 atom stereocenters. The van der Waals surface area contributed by atoms with Gasteiger partial charge in [-0.15, -0.1) is 0 Å². The normalized spacial score (nSPS) is 11.4. The van der Waals surface area contributed by atoms with E-state index >= 15 is 0 Å². The zero-order chi connectivity index (χ0) is 15.6. The van der Waals surface area contributed by atoms with Crippen molar-refractivity contribution in [3.8, 4) is 0 Å². The van der Waals surface area contributed by atoms with Gasteiger partial charge in [-0.2, -0.15) is 13.2 Å². The number of hydrogen-bond donors (Lipinski definition) is 4. The fraction of sp³-hybridized carbons (Fsp3) is 0.182. The van der Waals surface area contributed by atoms with E-state index in [-0.39, 0.29) is 17.5 Å². The molecule has 0 bridgehead atoms. The predicted molar refractivity (Wildman–Crippen MR) is 73.6 cm³/mol. The van der Waals surface area contributed by atoms with E-state index in [0.717, 1.165) is 23.5 Å². The molecule has 112 valence electrons. The van der Waals surface area contributed by atoms with Crippen molar-refractivity contribution in [2.75, 3.05) is 11.9 Å². The van der Waals surface area contributed by atoms with Gasteiger partial charge in [0.25, 0.3) is 0 Å². The number of thiazole rings is 1. The summed E-state index contributed by atoms with van der Waals surface area (Å²) in [5.74, 6) is -0.218. The van der Waals surface area contributed by atoms with Crippen molar-refractivity contribution in [3.05, 3.63) is 23.8 Å². The lowest BCUT2D eigenvalue weighted by atomic mass is 10.2. The highest BCUT2D eigenvalue weighted by Crippen LogP contribution is 2.34. The highest BCUT2D eigenvalue weighted by molar-refractivity contribution is 7.22. The number of fused-ring (bicyclic) bond motifs is 1. The second-order valence-electron chi connectivity index (χ2n) is 4.03. The number of carbonyl (C=O) groups excluding carboxylic acids is 1. The summed E-state index contributed by atoms with van der Waals surface area (Å²) in [5.41, 5.74) is 4.66. The average Bonchev–Trinajstić information content (AvgIpc) is 2.76. The molecule has 1 aromatic heterocycles. The Hall–Kier alpha value is -2.36. The molecule has 0 aliphatic carbocycles. The van der Waals surface area contributed by atoms with Crippen molar-refractivity contribution in [1.29, 1.82) is 5.41 Å². The molecule has 1 heterocycles. The van der Waals surface area contributed by atoms with Crippen LogP contribution in [0.2, 0.25) is 0 Å². The molecular formula is C11H10F3N5OS. The molecule has 1 aromatic carbocycles. The van der Waals surface area contributed by atoms with Crippen LogP contribution in [0.5, 0.6) is 0 Å². The van der Waals surface area contributed by atoms with E-state index in [2.05, 4.69) is 15.6 Å². The number of nitrogens with zero attached hydrogens (tertiary/aromatic N) is 1. The average molecular weight is 317 g/mol. The number of halogens is 3. The van der Waals surface area contributed by atoms with Crippen LogP contribution >= 0.6 is 11.3 Å². The van der Waals surface area contributed by atoms with E-state index in [1.807, 2.05) is 0 Å². The van der Waals surface area contributed by atoms with Gasteiger partial charge < -0.3 is 11.1 Å². The molecule has 0 fully saturated rings. The first-order chi connectivity index (χ1) is 9.75. The van der Waals surface area contributed by atoms with Crippen LogP contribution in [0.4, 0.5) is 23.1 Å². The van der Waals surface area contributed by atoms with Crippen molar-refractivity contribution in [1.82, 2.24) is 10.3 Å². The lowest BCUT2D eigenvalue weighted by molar-refractivity contribution is -0.137. The number of aromatic nitrogens is 1. The molecule has 2 amide bonds. The largest absolute Gasteiger partial charge is 0.416 e. The zero-order valence-corrected chi connectivity index (χ0v) is 11.2. The molecule has 0 aliphatic rings. The Kier molecular flexibility index (Phi) is 3.98. The summed E-state index contributed by atoms with van der Waals surface area (Å²) in [5, 5.41) is 11.8. The van der Waals surface area contributed by atoms with Crippen LogP contribution in [0.25, 0.3) is 10.2 Å². The van der Waals surface area contributed by atoms with Crippen molar-refractivity contribution >= 4 is 38.6 Å². The van der Waals surface area contributed by atoms with Gasteiger partial charge in [0.2, 0.25) is 0 Å². The third-order valence-electron chi connectivity index (χ3n) is 2.38. The van der Waals surface area contributed by atoms with E-state index in [1.165, 1.54) is 6.07 Å². The van der Waals surface area contributed by atoms with Crippen LogP contribution in [0.3, 0.4) is 0 Å². The topological polar surface area (TPSA) is 104 Å². The minimum atomic E-state index is -4.43. The molecule has 0 spiro atoms. The van der Waals surface area contributed by atoms with Crippen LogP contribution in [-0.4, -0.2) is 23.4 Å².